The van der Waals surface area contributed by atoms with Crippen molar-refractivity contribution in [3.05, 3.63) is 68.6 Å². The molecule has 0 saturated carbocycles. The van der Waals surface area contributed by atoms with Gasteiger partial charge in [0, 0.05) is 17.1 Å². The Labute approximate surface area is 240 Å². The van der Waals surface area contributed by atoms with E-state index in [1.165, 1.54) is 0 Å². The molecule has 39 heavy (non-hydrogen) atoms. The fourth-order valence-corrected chi connectivity index (χ4v) is 4.19. The van der Waals surface area contributed by atoms with Gasteiger partial charge >= 0.3 is 0 Å². The molecule has 11 heteroatoms. The molecule has 0 unspecified atom stereocenters. The van der Waals surface area contributed by atoms with Crippen LogP contribution in [0.15, 0.2) is 46.3 Å². The summed E-state index contributed by atoms with van der Waals surface area (Å²) in [5.41, 5.74) is 5.74. The number of benzene rings is 2. The zero-order chi connectivity index (χ0) is 28.2. The van der Waals surface area contributed by atoms with Gasteiger partial charge in [-0.05, 0) is 41.2 Å². The molecule has 0 spiro atoms. The van der Waals surface area contributed by atoms with E-state index in [0.29, 0.717) is 26.2 Å². The fourth-order valence-electron chi connectivity index (χ4n) is 4.02. The maximum absolute atomic E-state index is 13.6. The summed E-state index contributed by atoms with van der Waals surface area (Å²) in [5, 5.41) is 7.65. The van der Waals surface area contributed by atoms with E-state index in [4.69, 9.17) is 11.6 Å². The van der Waals surface area contributed by atoms with E-state index in [0.717, 1.165) is 11.1 Å². The van der Waals surface area contributed by atoms with Gasteiger partial charge < -0.3 is 27.2 Å². The Kier molecular flexibility index (Phi) is 10.8. The number of nitrogens with one attached hydrogen (secondary N) is 3. The van der Waals surface area contributed by atoms with Crippen LogP contribution in [0.5, 0.6) is 0 Å². The Morgan fingerprint density at radius 2 is 1.67 bits per heavy atom. The third-order valence-electron chi connectivity index (χ3n) is 5.87. The lowest BCUT2D eigenvalue weighted by atomic mass is 9.92. The van der Waals surface area contributed by atoms with Crippen LogP contribution in [0.2, 0.25) is 5.02 Å². The van der Waals surface area contributed by atoms with Gasteiger partial charge in [0.05, 0.1) is 32.2 Å². The van der Waals surface area contributed by atoms with E-state index in [-0.39, 0.29) is 54.5 Å². The fraction of sp³-hybridized carbons (Fsp3) is 0.393. The summed E-state index contributed by atoms with van der Waals surface area (Å²) in [7, 11) is 5.62. The molecule has 0 bridgehead atoms. The summed E-state index contributed by atoms with van der Waals surface area (Å²) in [4.78, 5) is 46.2. The first kappa shape index (κ1) is 31.9. The highest BCUT2D eigenvalue weighted by molar-refractivity contribution is 6.43. The third-order valence-corrected chi connectivity index (χ3v) is 6.10. The number of fused-ring (bicyclic) bond motifs is 1. The second-order valence-electron chi connectivity index (χ2n) is 11.0. The van der Waals surface area contributed by atoms with Crippen LogP contribution in [-0.4, -0.2) is 59.7 Å². The standard InChI is InChI=1S/C28H35ClN6O3.ClH/c1-16(2)19-9-8-10-20(17(3)4)26(19)32-28(38)24(33-34-25(36)15-35(5,6)7)14-23-27(37)31-22-13-18(29)11-12-21(22)30-23;/h8-13,16-17H,14-15H2,1-7H3,(H2-,31,32,34,36,37,38);1H. The number of hydrogen-bond acceptors (Lipinski definition) is 5. The molecule has 0 saturated heterocycles. The largest absolute Gasteiger partial charge is 1.00 e. The van der Waals surface area contributed by atoms with E-state index < -0.39 is 11.5 Å². The van der Waals surface area contributed by atoms with Gasteiger partial charge in [-0.1, -0.05) is 57.5 Å². The van der Waals surface area contributed by atoms with Crippen LogP contribution in [0.4, 0.5) is 5.69 Å². The lowest BCUT2D eigenvalue weighted by Gasteiger charge is -2.22. The van der Waals surface area contributed by atoms with Crippen molar-refractivity contribution in [3.8, 4) is 0 Å². The average molecular weight is 576 g/mol. The summed E-state index contributed by atoms with van der Waals surface area (Å²) in [6.07, 6.45) is -0.189. The lowest BCUT2D eigenvalue weighted by Crippen LogP contribution is -3.00. The number of rotatable bonds is 9. The Balaban J connectivity index is 0.00000533. The van der Waals surface area contributed by atoms with Crippen molar-refractivity contribution in [1.29, 1.82) is 0 Å². The van der Waals surface area contributed by atoms with Gasteiger partial charge in [-0.2, -0.15) is 5.10 Å². The number of halogens is 2. The minimum Gasteiger partial charge on any atom is -1.00 e. The van der Waals surface area contributed by atoms with Gasteiger partial charge in [-0.15, -0.1) is 0 Å². The first-order chi connectivity index (χ1) is 17.7. The number of aromatic nitrogens is 2. The Bertz CT molecular complexity index is 1420. The van der Waals surface area contributed by atoms with Gasteiger partial charge in [0.2, 0.25) is 0 Å². The van der Waals surface area contributed by atoms with Crippen LogP contribution < -0.4 is 28.7 Å². The van der Waals surface area contributed by atoms with Gasteiger partial charge in [-0.25, -0.2) is 10.4 Å². The highest BCUT2D eigenvalue weighted by Crippen LogP contribution is 2.32. The molecule has 0 fully saturated rings. The molecule has 3 N–H and O–H groups in total. The molecule has 0 aliphatic heterocycles. The number of anilines is 1. The van der Waals surface area contributed by atoms with Gasteiger partial charge in [0.25, 0.3) is 17.4 Å². The summed E-state index contributed by atoms with van der Waals surface area (Å²) in [6, 6.07) is 10.9. The molecule has 1 heterocycles. The minimum absolute atomic E-state index is 0. The molecule has 210 valence electrons. The summed E-state index contributed by atoms with van der Waals surface area (Å²) in [5.74, 6) is -0.567. The highest BCUT2D eigenvalue weighted by Gasteiger charge is 2.22. The molecule has 3 aromatic rings. The van der Waals surface area contributed by atoms with Crippen LogP contribution in [0.25, 0.3) is 11.0 Å². The Hall–Kier alpha value is -3.27. The van der Waals surface area contributed by atoms with E-state index in [9.17, 15) is 14.4 Å². The molecular formula is C28H36Cl2N6O3. The molecule has 1 aromatic heterocycles. The predicted octanol–water partition coefficient (Wildman–Crippen LogP) is 1.19. The van der Waals surface area contributed by atoms with Crippen LogP contribution in [0, 0.1) is 0 Å². The first-order valence-electron chi connectivity index (χ1n) is 12.5. The van der Waals surface area contributed by atoms with Crippen molar-refractivity contribution in [2.24, 2.45) is 5.10 Å². The van der Waals surface area contributed by atoms with Crippen LogP contribution in [0.1, 0.15) is 56.4 Å². The van der Waals surface area contributed by atoms with Gasteiger partial charge in [0.1, 0.15) is 11.4 Å². The molecule has 0 radical (unpaired) electrons. The van der Waals surface area contributed by atoms with Crippen molar-refractivity contribution in [2.75, 3.05) is 33.0 Å². The number of carbonyl (C=O) groups excluding carboxylic acids is 2. The SMILES string of the molecule is CC(C)c1cccc(C(C)C)c1NC(=O)/C(Cc1nc2ccc(Cl)cc2[nH]c1=O)=N\NC(=O)C[N+](C)(C)C.[Cl-]. The average Bonchev–Trinajstić information content (AvgIpc) is 2.80. The number of quaternary nitrogens is 1. The number of hydrogen-bond donors (Lipinski definition) is 3. The minimum atomic E-state index is -0.525. The predicted molar refractivity (Wildman–Crippen MR) is 153 cm³/mol. The molecule has 0 atom stereocenters. The summed E-state index contributed by atoms with van der Waals surface area (Å²) < 4.78 is 0.386. The molecule has 2 aromatic carbocycles. The Morgan fingerprint density at radius 3 is 2.23 bits per heavy atom. The third kappa shape index (κ3) is 8.61. The number of H-pyrrole nitrogens is 1. The Morgan fingerprint density at radius 1 is 1.05 bits per heavy atom. The number of nitrogens with zero attached hydrogens (tertiary/aromatic N) is 3. The highest BCUT2D eigenvalue weighted by atomic mass is 35.5. The van der Waals surface area contributed by atoms with Crippen LogP contribution in [-0.2, 0) is 16.0 Å². The summed E-state index contributed by atoms with van der Waals surface area (Å²) in [6.45, 7) is 8.38. The second-order valence-corrected chi connectivity index (χ2v) is 11.4. The maximum atomic E-state index is 13.6. The normalized spacial score (nSPS) is 12.0. The molecule has 0 aliphatic carbocycles. The van der Waals surface area contributed by atoms with E-state index in [1.54, 1.807) is 18.2 Å². The molecular weight excluding hydrogens is 539 g/mol. The molecule has 0 aliphatic rings. The number of aromatic amines is 1. The summed E-state index contributed by atoms with van der Waals surface area (Å²) >= 11 is 6.04. The van der Waals surface area contributed by atoms with E-state index in [2.05, 4.69) is 53.5 Å². The first-order valence-corrected chi connectivity index (χ1v) is 12.9. The van der Waals surface area contributed by atoms with Crippen molar-refractivity contribution < 1.29 is 26.5 Å². The number of amides is 2. The van der Waals surface area contributed by atoms with Crippen molar-refractivity contribution in [1.82, 2.24) is 15.4 Å². The van der Waals surface area contributed by atoms with Crippen molar-refractivity contribution >= 4 is 45.8 Å². The smallest absolute Gasteiger partial charge is 0.295 e. The topological polar surface area (TPSA) is 116 Å². The molecule has 3 rings (SSSR count). The van der Waals surface area contributed by atoms with Crippen LogP contribution >= 0.6 is 11.6 Å². The van der Waals surface area contributed by atoms with Crippen molar-refractivity contribution in [2.45, 2.75) is 46.0 Å². The van der Waals surface area contributed by atoms with Crippen molar-refractivity contribution in [3.63, 3.8) is 0 Å². The maximum Gasteiger partial charge on any atom is 0.295 e. The van der Waals surface area contributed by atoms with Gasteiger partial charge in [-0.3, -0.25) is 14.4 Å². The molecule has 9 nitrogen and oxygen atoms in total. The number of para-hydroxylation sites is 1. The van der Waals surface area contributed by atoms with E-state index >= 15 is 0 Å². The zero-order valence-electron chi connectivity index (χ0n) is 23.4. The number of hydrazone groups is 1. The zero-order valence-corrected chi connectivity index (χ0v) is 24.9. The van der Waals surface area contributed by atoms with E-state index in [1.807, 2.05) is 39.3 Å². The number of likely N-dealkylation sites (N-methyl/N-ethyl adjacent to an activating group) is 1. The molecule has 2 amide bonds. The lowest BCUT2D eigenvalue weighted by molar-refractivity contribution is -0.862. The van der Waals surface area contributed by atoms with Crippen LogP contribution in [0.3, 0.4) is 0 Å². The van der Waals surface area contributed by atoms with Gasteiger partial charge in [0.15, 0.2) is 6.54 Å². The number of carbonyl (C=O) groups is 2. The second kappa shape index (κ2) is 13.2. The monoisotopic (exact) mass is 574 g/mol. The quantitative estimate of drug-likeness (QED) is 0.202.